The highest BCUT2D eigenvalue weighted by Crippen LogP contribution is 2.58. The molecule has 4 N–H and O–H groups in total. The third-order valence-corrected chi connectivity index (χ3v) is 2.80. The average Bonchev–Trinajstić information content (AvgIpc) is 2.30. The number of nitrogen functional groups attached to an aromatic ring is 2. The molecule has 0 bridgehead atoms. The zero-order valence-electron chi connectivity index (χ0n) is 9.79. The van der Waals surface area contributed by atoms with Crippen molar-refractivity contribution in [3.8, 4) is 0 Å². The van der Waals surface area contributed by atoms with Crippen LogP contribution < -0.4 is 11.5 Å². The second-order valence-corrected chi connectivity index (χ2v) is 4.54. The number of alkyl halides is 9. The van der Waals surface area contributed by atoms with Crippen LogP contribution in [0.15, 0.2) is 18.2 Å². The Kier molecular flexibility index (Phi) is 4.01. The largest absolute Gasteiger partial charge is 0.399 e. The van der Waals surface area contributed by atoms with Gasteiger partial charge in [-0.25, -0.2) is 0 Å². The summed E-state index contributed by atoms with van der Waals surface area (Å²) in [6.45, 7) is 0. The highest BCUT2D eigenvalue weighted by molar-refractivity contribution is 6.22. The van der Waals surface area contributed by atoms with Crippen molar-refractivity contribution in [3.05, 3.63) is 23.8 Å². The van der Waals surface area contributed by atoms with Gasteiger partial charge in [0.2, 0.25) is 0 Å². The summed E-state index contributed by atoms with van der Waals surface area (Å²) in [5.74, 6) is -18.8. The van der Waals surface area contributed by atoms with Gasteiger partial charge in [0.1, 0.15) is 0 Å². The van der Waals surface area contributed by atoms with E-state index in [-0.39, 0.29) is 6.07 Å². The highest BCUT2D eigenvalue weighted by Gasteiger charge is 2.81. The lowest BCUT2D eigenvalue weighted by Crippen LogP contribution is -2.59. The van der Waals surface area contributed by atoms with Crippen molar-refractivity contribution in [2.24, 2.45) is 0 Å². The van der Waals surface area contributed by atoms with Crippen LogP contribution in [0.25, 0.3) is 0 Å². The zero-order valence-corrected chi connectivity index (χ0v) is 10.5. The molecule has 0 aliphatic rings. The molecule has 1 aromatic rings. The Balaban J connectivity index is 3.51. The van der Waals surface area contributed by atoms with Crippen LogP contribution in [0.5, 0.6) is 0 Å². The molecule has 1 aromatic carbocycles. The molecule has 120 valence electrons. The first kappa shape index (κ1) is 17.6. The maximum absolute atomic E-state index is 13.6. The Morgan fingerprint density at radius 3 is 1.71 bits per heavy atom. The lowest BCUT2D eigenvalue weighted by Gasteiger charge is -2.35. The summed E-state index contributed by atoms with van der Waals surface area (Å²) >= 11 is 3.82. The molecular formula is C10H7ClF8N2. The van der Waals surface area contributed by atoms with Crippen LogP contribution in [0.2, 0.25) is 0 Å². The molecule has 21 heavy (non-hydrogen) atoms. The molecule has 0 heterocycles. The van der Waals surface area contributed by atoms with E-state index in [1.54, 1.807) is 0 Å². The van der Waals surface area contributed by atoms with Crippen LogP contribution in [-0.2, 0) is 5.92 Å². The Morgan fingerprint density at radius 2 is 1.29 bits per heavy atom. The highest BCUT2D eigenvalue weighted by atomic mass is 35.5. The number of nitrogens with two attached hydrogens (primary N) is 2. The molecule has 0 atom stereocenters. The first-order valence-corrected chi connectivity index (χ1v) is 5.39. The van der Waals surface area contributed by atoms with Crippen molar-refractivity contribution in [1.82, 2.24) is 0 Å². The molecule has 0 spiro atoms. The van der Waals surface area contributed by atoms with Gasteiger partial charge in [0.25, 0.3) is 0 Å². The Bertz CT molecular complexity index is 540. The first-order valence-electron chi connectivity index (χ1n) is 5.02. The lowest BCUT2D eigenvalue weighted by molar-refractivity contribution is -0.352. The van der Waals surface area contributed by atoms with Crippen molar-refractivity contribution in [3.63, 3.8) is 0 Å². The van der Waals surface area contributed by atoms with Gasteiger partial charge in [0.15, 0.2) is 0 Å². The summed E-state index contributed by atoms with van der Waals surface area (Å²) in [4.78, 5) is 0. The molecule has 0 radical (unpaired) electrons. The fourth-order valence-electron chi connectivity index (χ4n) is 1.39. The summed E-state index contributed by atoms with van der Waals surface area (Å²) in [7, 11) is 0. The van der Waals surface area contributed by atoms with Gasteiger partial charge >= 0.3 is 23.1 Å². The summed E-state index contributed by atoms with van der Waals surface area (Å²) in [5.41, 5.74) is 6.72. The van der Waals surface area contributed by atoms with Crippen LogP contribution in [0.3, 0.4) is 0 Å². The fraction of sp³-hybridized carbons (Fsp3) is 0.400. The van der Waals surface area contributed by atoms with Crippen LogP contribution in [0.4, 0.5) is 46.5 Å². The molecule has 11 heteroatoms. The molecule has 0 fully saturated rings. The number of benzene rings is 1. The predicted octanol–water partition coefficient (Wildman–Crippen LogP) is 4.05. The lowest BCUT2D eigenvalue weighted by atomic mass is 9.95. The summed E-state index contributed by atoms with van der Waals surface area (Å²) < 4.78 is 105. The van der Waals surface area contributed by atoms with Crippen LogP contribution in [0, 0.1) is 0 Å². The van der Waals surface area contributed by atoms with Gasteiger partial charge in [0.05, 0.1) is 5.56 Å². The quantitative estimate of drug-likeness (QED) is 0.493. The van der Waals surface area contributed by atoms with E-state index in [4.69, 9.17) is 11.5 Å². The van der Waals surface area contributed by atoms with E-state index in [1.807, 2.05) is 0 Å². The predicted molar refractivity (Wildman–Crippen MR) is 59.9 cm³/mol. The molecule has 0 aromatic heterocycles. The second kappa shape index (κ2) is 4.79. The molecule has 0 aliphatic heterocycles. The Labute approximate surface area is 117 Å². The van der Waals surface area contributed by atoms with E-state index in [2.05, 4.69) is 11.6 Å². The van der Waals surface area contributed by atoms with Crippen molar-refractivity contribution in [2.75, 3.05) is 11.5 Å². The molecule has 1 rings (SSSR count). The summed E-state index contributed by atoms with van der Waals surface area (Å²) in [6, 6.07) is 1.76. The van der Waals surface area contributed by atoms with Gasteiger partial charge in [-0.2, -0.15) is 35.1 Å². The van der Waals surface area contributed by atoms with E-state index in [0.717, 1.165) is 6.07 Å². The number of anilines is 2. The molecule has 0 amide bonds. The standard InChI is InChI=1S/C10H7ClF8N2/c11-10(18,19)9(16,17)8(14,15)7(12,13)5-3-4(20)1-2-6(5)21/h1-3H,20-21H2. The Hall–Kier alpha value is -1.45. The minimum atomic E-state index is -6.54. The van der Waals surface area contributed by atoms with Gasteiger partial charge in [-0.3, -0.25) is 0 Å². The van der Waals surface area contributed by atoms with Crippen LogP contribution >= 0.6 is 11.6 Å². The van der Waals surface area contributed by atoms with E-state index in [0.29, 0.717) is 6.07 Å². The SMILES string of the molecule is Nc1ccc(N)c(C(F)(F)C(F)(F)C(F)(F)C(F)(F)Cl)c1. The van der Waals surface area contributed by atoms with Crippen molar-refractivity contribution in [2.45, 2.75) is 23.1 Å². The average molecular weight is 343 g/mol. The monoisotopic (exact) mass is 342 g/mol. The maximum Gasteiger partial charge on any atom is 0.393 e. The fourth-order valence-corrected chi connectivity index (χ4v) is 1.51. The van der Waals surface area contributed by atoms with E-state index in [1.165, 1.54) is 0 Å². The minimum absolute atomic E-state index is 0.186. The third-order valence-electron chi connectivity index (χ3n) is 2.56. The van der Waals surface area contributed by atoms with Crippen LogP contribution in [-0.4, -0.2) is 17.2 Å². The van der Waals surface area contributed by atoms with Gasteiger partial charge in [-0.1, -0.05) is 0 Å². The van der Waals surface area contributed by atoms with E-state index in [9.17, 15) is 35.1 Å². The molecule has 0 unspecified atom stereocenters. The minimum Gasteiger partial charge on any atom is -0.399 e. The van der Waals surface area contributed by atoms with Crippen LogP contribution in [0.1, 0.15) is 5.56 Å². The van der Waals surface area contributed by atoms with E-state index >= 15 is 0 Å². The van der Waals surface area contributed by atoms with Gasteiger partial charge in [0, 0.05) is 11.4 Å². The Morgan fingerprint density at radius 1 is 0.810 bits per heavy atom. The van der Waals surface area contributed by atoms with Crippen molar-refractivity contribution in [1.29, 1.82) is 0 Å². The number of hydrogen-bond donors (Lipinski definition) is 2. The smallest absolute Gasteiger partial charge is 0.393 e. The number of halogens is 9. The van der Waals surface area contributed by atoms with Crippen molar-refractivity contribution >= 4 is 23.0 Å². The summed E-state index contributed by atoms with van der Waals surface area (Å²) in [6.07, 6.45) is 0. The van der Waals surface area contributed by atoms with E-state index < -0.39 is 40.1 Å². The zero-order chi connectivity index (χ0) is 16.9. The first-order chi connectivity index (χ1) is 9.16. The van der Waals surface area contributed by atoms with Gasteiger partial charge < -0.3 is 11.5 Å². The van der Waals surface area contributed by atoms with Gasteiger partial charge in [-0.15, -0.1) is 0 Å². The molecular weight excluding hydrogens is 336 g/mol. The maximum atomic E-state index is 13.6. The van der Waals surface area contributed by atoms with Crippen molar-refractivity contribution < 1.29 is 35.1 Å². The molecule has 0 saturated heterocycles. The third kappa shape index (κ3) is 2.56. The number of hydrogen-bond acceptors (Lipinski definition) is 2. The van der Waals surface area contributed by atoms with Gasteiger partial charge in [-0.05, 0) is 29.8 Å². The normalized spacial score (nSPS) is 14.3. The second-order valence-electron chi connectivity index (χ2n) is 4.07. The number of rotatable bonds is 4. The molecule has 2 nitrogen and oxygen atoms in total. The topological polar surface area (TPSA) is 52.0 Å². The summed E-state index contributed by atoms with van der Waals surface area (Å²) in [5, 5.41) is -5.91. The molecule has 0 saturated carbocycles. The molecule has 0 aliphatic carbocycles.